The van der Waals surface area contributed by atoms with Gasteiger partial charge in [0.1, 0.15) is 0 Å². The average Bonchev–Trinajstić information content (AvgIpc) is 2.55. The van der Waals surface area contributed by atoms with Gasteiger partial charge in [0.2, 0.25) is 0 Å². The summed E-state index contributed by atoms with van der Waals surface area (Å²) in [6, 6.07) is 3.86. The molecule has 1 N–H and O–H groups in total. The van der Waals surface area contributed by atoms with Gasteiger partial charge in [-0.2, -0.15) is 5.10 Å². The topological polar surface area (TPSA) is 28.7 Å². The van der Waals surface area contributed by atoms with Crippen molar-refractivity contribution in [2.45, 2.75) is 13.8 Å². The van der Waals surface area contributed by atoms with Gasteiger partial charge in [-0.05, 0) is 37.1 Å². The van der Waals surface area contributed by atoms with Gasteiger partial charge >= 0.3 is 0 Å². The third-order valence-electron chi connectivity index (χ3n) is 2.34. The summed E-state index contributed by atoms with van der Waals surface area (Å²) in [6.45, 7) is 7.81. The predicted molar refractivity (Wildman–Crippen MR) is 60.5 cm³/mol. The van der Waals surface area contributed by atoms with Gasteiger partial charge in [-0.25, -0.2) is 0 Å². The molecular formula is C11H11ClN2. The number of allylic oxidation sites excluding steroid dienone is 1. The van der Waals surface area contributed by atoms with E-state index in [1.54, 1.807) is 0 Å². The lowest BCUT2D eigenvalue weighted by Gasteiger charge is -1.99. The van der Waals surface area contributed by atoms with Crippen molar-refractivity contribution in [1.29, 1.82) is 0 Å². The molecule has 1 aromatic carbocycles. The van der Waals surface area contributed by atoms with Gasteiger partial charge in [0.05, 0.1) is 11.2 Å². The summed E-state index contributed by atoms with van der Waals surface area (Å²) in [6.07, 6.45) is 0. The van der Waals surface area contributed by atoms with Crippen LogP contribution >= 0.6 is 11.6 Å². The first-order chi connectivity index (χ1) is 6.61. The average molecular weight is 207 g/mol. The first-order valence-corrected chi connectivity index (χ1v) is 4.78. The molecule has 1 heterocycles. The maximum absolute atomic E-state index is 6.01. The molecular weight excluding hydrogens is 196 g/mol. The maximum atomic E-state index is 6.01. The van der Waals surface area contributed by atoms with Gasteiger partial charge in [0, 0.05) is 10.4 Å². The number of fused-ring (bicyclic) bond motifs is 1. The summed E-state index contributed by atoms with van der Waals surface area (Å²) in [5.74, 6) is 0. The highest BCUT2D eigenvalue weighted by Gasteiger charge is 2.09. The highest BCUT2D eigenvalue weighted by atomic mass is 35.5. The fraction of sp³-hybridized carbons (Fsp3) is 0.182. The molecule has 0 fully saturated rings. The number of nitrogens with zero attached hydrogens (tertiary/aromatic N) is 1. The number of rotatable bonds is 1. The van der Waals surface area contributed by atoms with Crippen molar-refractivity contribution in [3.8, 4) is 0 Å². The molecule has 2 nitrogen and oxygen atoms in total. The van der Waals surface area contributed by atoms with Crippen LogP contribution in [-0.4, -0.2) is 10.2 Å². The minimum Gasteiger partial charge on any atom is -0.277 e. The van der Waals surface area contributed by atoms with E-state index in [0.29, 0.717) is 0 Å². The molecule has 0 aliphatic heterocycles. The minimum atomic E-state index is 0.759. The molecule has 0 saturated carbocycles. The summed E-state index contributed by atoms with van der Waals surface area (Å²) in [7, 11) is 0. The largest absolute Gasteiger partial charge is 0.277 e. The van der Waals surface area contributed by atoms with Crippen LogP contribution in [0.2, 0.25) is 5.02 Å². The predicted octanol–water partition coefficient (Wildman–Crippen LogP) is 3.56. The molecule has 0 radical (unpaired) electrons. The molecule has 0 aliphatic rings. The summed E-state index contributed by atoms with van der Waals surface area (Å²) in [5, 5.41) is 9.04. The molecule has 2 aromatic rings. The van der Waals surface area contributed by atoms with Crippen molar-refractivity contribution in [3.05, 3.63) is 35.0 Å². The van der Waals surface area contributed by atoms with E-state index in [9.17, 15) is 0 Å². The van der Waals surface area contributed by atoms with Crippen molar-refractivity contribution >= 4 is 28.1 Å². The Kier molecular flexibility index (Phi) is 2.08. The van der Waals surface area contributed by atoms with Gasteiger partial charge in [-0.15, -0.1) is 0 Å². The van der Waals surface area contributed by atoms with Gasteiger partial charge in [0.15, 0.2) is 0 Å². The van der Waals surface area contributed by atoms with Crippen LogP contribution < -0.4 is 0 Å². The number of hydrogen-bond donors (Lipinski definition) is 1. The molecule has 0 unspecified atom stereocenters. The molecule has 3 heteroatoms. The van der Waals surface area contributed by atoms with Crippen LogP contribution in [0.25, 0.3) is 16.5 Å². The molecule has 1 aromatic heterocycles. The van der Waals surface area contributed by atoms with Crippen molar-refractivity contribution in [2.24, 2.45) is 0 Å². The molecule has 0 saturated heterocycles. The Labute approximate surface area is 87.6 Å². The SMILES string of the molecule is C=C(C)c1n[nH]c2c(C)c(Cl)ccc12. The first kappa shape index (κ1) is 9.28. The number of aromatic amines is 1. The van der Waals surface area contributed by atoms with Gasteiger partial charge in [-0.3, -0.25) is 5.10 Å². The third kappa shape index (κ3) is 1.23. The number of nitrogens with one attached hydrogen (secondary N) is 1. The maximum Gasteiger partial charge on any atom is 0.0950 e. The Morgan fingerprint density at radius 3 is 2.86 bits per heavy atom. The normalized spacial score (nSPS) is 10.8. The monoisotopic (exact) mass is 206 g/mol. The second kappa shape index (κ2) is 3.14. The van der Waals surface area contributed by atoms with E-state index < -0.39 is 0 Å². The minimum absolute atomic E-state index is 0.759. The van der Waals surface area contributed by atoms with E-state index in [2.05, 4.69) is 16.8 Å². The van der Waals surface area contributed by atoms with Gasteiger partial charge in [-0.1, -0.05) is 18.2 Å². The Bertz CT molecular complexity index is 511. The van der Waals surface area contributed by atoms with E-state index in [-0.39, 0.29) is 0 Å². The lowest BCUT2D eigenvalue weighted by Crippen LogP contribution is -1.79. The van der Waals surface area contributed by atoms with Gasteiger partial charge in [0.25, 0.3) is 0 Å². The van der Waals surface area contributed by atoms with Crippen LogP contribution in [0, 0.1) is 6.92 Å². The standard InChI is InChI=1S/C11H11ClN2/c1-6(2)10-8-4-5-9(12)7(3)11(8)14-13-10/h4-5H,1H2,2-3H3,(H,13,14). The summed E-state index contributed by atoms with van der Waals surface area (Å²) in [5.41, 5.74) is 3.90. The number of halogens is 1. The quantitative estimate of drug-likeness (QED) is 0.760. The zero-order valence-electron chi connectivity index (χ0n) is 8.19. The third-order valence-corrected chi connectivity index (χ3v) is 2.75. The molecule has 0 amide bonds. The van der Waals surface area contributed by atoms with E-state index in [1.807, 2.05) is 26.0 Å². The van der Waals surface area contributed by atoms with Crippen molar-refractivity contribution in [3.63, 3.8) is 0 Å². The zero-order valence-corrected chi connectivity index (χ0v) is 8.94. The van der Waals surface area contributed by atoms with E-state index in [0.717, 1.165) is 32.8 Å². The van der Waals surface area contributed by atoms with Crippen LogP contribution in [0.3, 0.4) is 0 Å². The number of hydrogen-bond acceptors (Lipinski definition) is 1. The highest BCUT2D eigenvalue weighted by molar-refractivity contribution is 6.32. The molecule has 0 bridgehead atoms. The Balaban J connectivity index is 2.83. The summed E-state index contributed by atoms with van der Waals surface area (Å²) >= 11 is 6.01. The van der Waals surface area contributed by atoms with Gasteiger partial charge < -0.3 is 0 Å². The number of aryl methyl sites for hydroxylation is 1. The lowest BCUT2D eigenvalue weighted by molar-refractivity contribution is 1.09. The lowest BCUT2D eigenvalue weighted by atomic mass is 10.1. The first-order valence-electron chi connectivity index (χ1n) is 4.40. The second-order valence-corrected chi connectivity index (χ2v) is 3.85. The Morgan fingerprint density at radius 2 is 2.21 bits per heavy atom. The molecule has 72 valence electrons. The van der Waals surface area contributed by atoms with Crippen molar-refractivity contribution in [2.75, 3.05) is 0 Å². The number of aromatic nitrogens is 2. The molecule has 0 aliphatic carbocycles. The second-order valence-electron chi connectivity index (χ2n) is 3.45. The zero-order chi connectivity index (χ0) is 10.3. The van der Waals surface area contributed by atoms with Crippen LogP contribution in [0.5, 0.6) is 0 Å². The number of benzene rings is 1. The van der Waals surface area contributed by atoms with Crippen molar-refractivity contribution in [1.82, 2.24) is 10.2 Å². The van der Waals surface area contributed by atoms with Crippen LogP contribution in [0.4, 0.5) is 0 Å². The summed E-state index contributed by atoms with van der Waals surface area (Å²) in [4.78, 5) is 0. The fourth-order valence-electron chi connectivity index (χ4n) is 1.53. The van der Waals surface area contributed by atoms with E-state index in [1.165, 1.54) is 0 Å². The molecule has 0 atom stereocenters. The highest BCUT2D eigenvalue weighted by Crippen LogP contribution is 2.27. The number of H-pyrrole nitrogens is 1. The molecule has 14 heavy (non-hydrogen) atoms. The Hall–Kier alpha value is -1.28. The molecule has 0 spiro atoms. The fourth-order valence-corrected chi connectivity index (χ4v) is 1.68. The van der Waals surface area contributed by atoms with Crippen LogP contribution in [0.15, 0.2) is 18.7 Å². The Morgan fingerprint density at radius 1 is 1.50 bits per heavy atom. The van der Waals surface area contributed by atoms with Crippen molar-refractivity contribution < 1.29 is 0 Å². The molecule has 2 rings (SSSR count). The summed E-state index contributed by atoms with van der Waals surface area (Å²) < 4.78 is 0. The van der Waals surface area contributed by atoms with E-state index >= 15 is 0 Å². The van der Waals surface area contributed by atoms with E-state index in [4.69, 9.17) is 11.6 Å². The smallest absolute Gasteiger partial charge is 0.0950 e. The van der Waals surface area contributed by atoms with Crippen LogP contribution in [-0.2, 0) is 0 Å². The van der Waals surface area contributed by atoms with Crippen LogP contribution in [0.1, 0.15) is 18.2 Å².